The molecule has 17 heavy (non-hydrogen) atoms. The molecule has 1 aromatic rings. The van der Waals surface area contributed by atoms with Crippen molar-refractivity contribution in [3.8, 4) is 5.75 Å². The van der Waals surface area contributed by atoms with Gasteiger partial charge in [0.2, 0.25) is 10.0 Å². The predicted octanol–water partition coefficient (Wildman–Crippen LogP) is 0.202. The maximum absolute atomic E-state index is 11.8. The molecule has 0 aromatic heterocycles. The van der Waals surface area contributed by atoms with Crippen LogP contribution in [-0.2, 0) is 14.8 Å². The first-order valence-corrected chi connectivity index (χ1v) is 6.41. The number of anilines is 1. The molecular formula is C10H16N2O4S. The third-order valence-electron chi connectivity index (χ3n) is 2.11. The zero-order valence-electron chi connectivity index (χ0n) is 9.76. The summed E-state index contributed by atoms with van der Waals surface area (Å²) in [6, 6.07) is 4.30. The molecule has 0 atom stereocenters. The Morgan fingerprint density at radius 2 is 2.06 bits per heavy atom. The highest BCUT2D eigenvalue weighted by atomic mass is 32.2. The Kier molecular flexibility index (Phi) is 4.73. The van der Waals surface area contributed by atoms with Gasteiger partial charge in [-0.05, 0) is 18.2 Å². The summed E-state index contributed by atoms with van der Waals surface area (Å²) in [6.07, 6.45) is 0. The van der Waals surface area contributed by atoms with E-state index in [1.165, 1.54) is 32.4 Å². The molecule has 0 heterocycles. The summed E-state index contributed by atoms with van der Waals surface area (Å²) in [7, 11) is -0.577. The van der Waals surface area contributed by atoms with E-state index in [0.717, 1.165) is 0 Å². The molecule has 96 valence electrons. The van der Waals surface area contributed by atoms with Crippen LogP contribution in [0.4, 0.5) is 5.69 Å². The first-order chi connectivity index (χ1) is 8.01. The number of nitrogens with two attached hydrogens (primary N) is 1. The number of ether oxygens (including phenoxy) is 2. The lowest BCUT2D eigenvalue weighted by molar-refractivity contribution is 0.204. The maximum atomic E-state index is 11.8. The molecule has 0 aliphatic heterocycles. The van der Waals surface area contributed by atoms with Crippen LogP contribution in [0.1, 0.15) is 0 Å². The minimum atomic E-state index is -3.55. The standard InChI is InChI=1S/C10H16N2O4S/c1-15-6-5-12-17(13,14)8-3-4-10(16-2)9(11)7-8/h3-4,7,12H,5-6,11H2,1-2H3. The van der Waals surface area contributed by atoms with E-state index in [1.807, 2.05) is 0 Å². The van der Waals surface area contributed by atoms with Crippen LogP contribution in [0.5, 0.6) is 5.75 Å². The number of benzene rings is 1. The molecule has 0 aliphatic rings. The van der Waals surface area contributed by atoms with E-state index in [1.54, 1.807) is 0 Å². The highest BCUT2D eigenvalue weighted by Crippen LogP contribution is 2.24. The van der Waals surface area contributed by atoms with Crippen molar-refractivity contribution in [2.75, 3.05) is 33.1 Å². The third kappa shape index (κ3) is 3.58. The summed E-state index contributed by atoms with van der Waals surface area (Å²) in [6.45, 7) is 0.523. The van der Waals surface area contributed by atoms with Crippen molar-refractivity contribution in [2.45, 2.75) is 4.90 Å². The van der Waals surface area contributed by atoms with Crippen molar-refractivity contribution >= 4 is 15.7 Å². The zero-order valence-corrected chi connectivity index (χ0v) is 10.6. The summed E-state index contributed by atoms with van der Waals surface area (Å²) in [5.41, 5.74) is 5.92. The van der Waals surface area contributed by atoms with Gasteiger partial charge < -0.3 is 15.2 Å². The Labute approximate surface area is 101 Å². The SMILES string of the molecule is COCCNS(=O)(=O)c1ccc(OC)c(N)c1. The number of sulfonamides is 1. The van der Waals surface area contributed by atoms with Gasteiger partial charge in [0.1, 0.15) is 5.75 Å². The molecule has 0 spiro atoms. The van der Waals surface area contributed by atoms with Crippen LogP contribution in [0.15, 0.2) is 23.1 Å². The Morgan fingerprint density at radius 1 is 1.35 bits per heavy atom. The average molecular weight is 260 g/mol. The van der Waals surface area contributed by atoms with Gasteiger partial charge in [0.15, 0.2) is 0 Å². The smallest absolute Gasteiger partial charge is 0.240 e. The van der Waals surface area contributed by atoms with E-state index in [4.69, 9.17) is 15.2 Å². The summed E-state index contributed by atoms with van der Waals surface area (Å²) in [4.78, 5) is 0.104. The van der Waals surface area contributed by atoms with Crippen LogP contribution >= 0.6 is 0 Å². The van der Waals surface area contributed by atoms with E-state index < -0.39 is 10.0 Å². The van der Waals surface area contributed by atoms with Gasteiger partial charge in [-0.15, -0.1) is 0 Å². The Hall–Kier alpha value is -1.31. The van der Waals surface area contributed by atoms with E-state index in [0.29, 0.717) is 12.4 Å². The molecule has 0 amide bonds. The molecule has 1 aromatic carbocycles. The van der Waals surface area contributed by atoms with Crippen LogP contribution in [-0.4, -0.2) is 35.8 Å². The Morgan fingerprint density at radius 3 is 2.59 bits per heavy atom. The molecule has 7 heteroatoms. The van der Waals surface area contributed by atoms with Crippen molar-refractivity contribution < 1.29 is 17.9 Å². The molecule has 0 radical (unpaired) electrons. The molecule has 3 N–H and O–H groups in total. The molecular weight excluding hydrogens is 244 g/mol. The van der Waals surface area contributed by atoms with Crippen LogP contribution in [0.25, 0.3) is 0 Å². The highest BCUT2D eigenvalue weighted by Gasteiger charge is 2.14. The summed E-state index contributed by atoms with van der Waals surface area (Å²) >= 11 is 0. The maximum Gasteiger partial charge on any atom is 0.240 e. The number of hydrogen-bond acceptors (Lipinski definition) is 5. The zero-order chi connectivity index (χ0) is 12.9. The second-order valence-corrected chi connectivity index (χ2v) is 5.06. The topological polar surface area (TPSA) is 90.6 Å². The second kappa shape index (κ2) is 5.85. The minimum Gasteiger partial charge on any atom is -0.495 e. The summed E-state index contributed by atoms with van der Waals surface area (Å²) in [5.74, 6) is 0.445. The Balaban J connectivity index is 2.88. The lowest BCUT2D eigenvalue weighted by Crippen LogP contribution is -2.27. The average Bonchev–Trinajstić information content (AvgIpc) is 2.29. The summed E-state index contributed by atoms with van der Waals surface area (Å²) in [5, 5.41) is 0. The third-order valence-corrected chi connectivity index (χ3v) is 3.57. The van der Waals surface area contributed by atoms with Gasteiger partial charge in [-0.25, -0.2) is 13.1 Å². The van der Waals surface area contributed by atoms with Gasteiger partial charge in [0, 0.05) is 13.7 Å². The predicted molar refractivity (Wildman–Crippen MR) is 64.5 cm³/mol. The largest absolute Gasteiger partial charge is 0.495 e. The lowest BCUT2D eigenvalue weighted by Gasteiger charge is -2.09. The van der Waals surface area contributed by atoms with Crippen molar-refractivity contribution in [3.05, 3.63) is 18.2 Å². The molecule has 0 bridgehead atoms. The van der Waals surface area contributed by atoms with Gasteiger partial charge in [-0.3, -0.25) is 0 Å². The molecule has 6 nitrogen and oxygen atoms in total. The molecule has 1 rings (SSSR count). The monoisotopic (exact) mass is 260 g/mol. The second-order valence-electron chi connectivity index (χ2n) is 3.29. The molecule has 0 unspecified atom stereocenters. The highest BCUT2D eigenvalue weighted by molar-refractivity contribution is 7.89. The minimum absolute atomic E-state index is 0.104. The van der Waals surface area contributed by atoms with Crippen molar-refractivity contribution in [2.24, 2.45) is 0 Å². The normalized spacial score (nSPS) is 11.4. The molecule has 0 fully saturated rings. The number of hydrogen-bond donors (Lipinski definition) is 2. The van der Waals surface area contributed by atoms with E-state index >= 15 is 0 Å². The van der Waals surface area contributed by atoms with Crippen LogP contribution < -0.4 is 15.2 Å². The van der Waals surface area contributed by atoms with Gasteiger partial charge in [-0.2, -0.15) is 0 Å². The van der Waals surface area contributed by atoms with E-state index in [2.05, 4.69) is 4.72 Å². The Bertz CT molecular complexity index is 473. The summed E-state index contributed by atoms with van der Waals surface area (Å²) < 4.78 is 35.7. The van der Waals surface area contributed by atoms with Gasteiger partial charge >= 0.3 is 0 Å². The van der Waals surface area contributed by atoms with Crippen molar-refractivity contribution in [3.63, 3.8) is 0 Å². The van der Waals surface area contributed by atoms with Gasteiger partial charge in [0.25, 0.3) is 0 Å². The van der Waals surface area contributed by atoms with Gasteiger partial charge in [-0.1, -0.05) is 0 Å². The number of nitrogens with one attached hydrogen (secondary N) is 1. The van der Waals surface area contributed by atoms with Crippen LogP contribution in [0.3, 0.4) is 0 Å². The van der Waals surface area contributed by atoms with E-state index in [9.17, 15) is 8.42 Å². The fourth-order valence-electron chi connectivity index (χ4n) is 1.24. The first-order valence-electron chi connectivity index (χ1n) is 4.93. The fourth-order valence-corrected chi connectivity index (χ4v) is 2.29. The lowest BCUT2D eigenvalue weighted by atomic mass is 10.3. The van der Waals surface area contributed by atoms with Crippen molar-refractivity contribution in [1.82, 2.24) is 4.72 Å². The quantitative estimate of drug-likeness (QED) is 0.563. The number of nitrogen functional groups attached to an aromatic ring is 1. The fraction of sp³-hybridized carbons (Fsp3) is 0.400. The number of methoxy groups -OCH3 is 2. The first kappa shape index (κ1) is 13.8. The van der Waals surface area contributed by atoms with Gasteiger partial charge in [0.05, 0.1) is 24.3 Å². The van der Waals surface area contributed by atoms with Crippen molar-refractivity contribution in [1.29, 1.82) is 0 Å². The van der Waals surface area contributed by atoms with Crippen LogP contribution in [0.2, 0.25) is 0 Å². The van der Waals surface area contributed by atoms with E-state index in [-0.39, 0.29) is 17.1 Å². The number of rotatable bonds is 6. The molecule has 0 saturated heterocycles. The van der Waals surface area contributed by atoms with Crippen LogP contribution in [0, 0.1) is 0 Å². The molecule has 0 aliphatic carbocycles. The molecule has 0 saturated carbocycles.